The van der Waals surface area contributed by atoms with Gasteiger partial charge in [0.1, 0.15) is 11.5 Å². The van der Waals surface area contributed by atoms with Crippen LogP contribution in [0.3, 0.4) is 0 Å². The molecule has 1 aromatic heterocycles. The van der Waals surface area contributed by atoms with E-state index in [1.807, 2.05) is 0 Å². The molecule has 0 aliphatic heterocycles. The second kappa shape index (κ2) is 8.64. The van der Waals surface area contributed by atoms with Gasteiger partial charge in [0, 0.05) is 18.2 Å². The molecule has 3 rings (SSSR count). The molecule has 0 aliphatic carbocycles. The molecule has 0 fully saturated rings. The number of amides is 2. The molecule has 2 amide bonds. The molecule has 0 saturated carbocycles. The lowest BCUT2D eigenvalue weighted by molar-refractivity contribution is 0.0948. The molecule has 0 radical (unpaired) electrons. The summed E-state index contributed by atoms with van der Waals surface area (Å²) in [6.45, 7) is 0.103. The number of hydrogen-bond donors (Lipinski definition) is 3. The summed E-state index contributed by atoms with van der Waals surface area (Å²) in [7, 11) is 1.55. The van der Waals surface area contributed by atoms with Gasteiger partial charge in [-0.3, -0.25) is 14.7 Å². The van der Waals surface area contributed by atoms with Crippen molar-refractivity contribution in [2.45, 2.75) is 0 Å². The number of rotatable bonds is 4. The number of benzene rings is 2. The summed E-state index contributed by atoms with van der Waals surface area (Å²) in [5.41, 5.74) is 2.56. The predicted octanol–water partition coefficient (Wildman–Crippen LogP) is 2.36. The molecule has 2 aromatic carbocycles. The Morgan fingerprint density at radius 1 is 1.11 bits per heavy atom. The maximum atomic E-state index is 13.0. The fraction of sp³-hybridized carbons (Fsp3) is 0.0952. The van der Waals surface area contributed by atoms with Crippen molar-refractivity contribution in [1.82, 2.24) is 20.8 Å². The average molecular weight is 376 g/mol. The summed E-state index contributed by atoms with van der Waals surface area (Å²) in [5, 5.41) is 11.9. The van der Waals surface area contributed by atoms with Gasteiger partial charge in [-0.15, -0.1) is 0 Å². The lowest BCUT2D eigenvalue weighted by atomic mass is 10.1. The van der Waals surface area contributed by atoms with E-state index in [2.05, 4.69) is 32.7 Å². The first-order valence-electron chi connectivity index (χ1n) is 8.48. The van der Waals surface area contributed by atoms with Crippen molar-refractivity contribution >= 4 is 11.8 Å². The van der Waals surface area contributed by atoms with Crippen molar-refractivity contribution in [1.29, 1.82) is 0 Å². The van der Waals surface area contributed by atoms with Crippen LogP contribution in [0.2, 0.25) is 0 Å². The van der Waals surface area contributed by atoms with Gasteiger partial charge < -0.3 is 10.6 Å². The second-order valence-electron chi connectivity index (χ2n) is 5.78. The molecule has 6 nitrogen and oxygen atoms in total. The van der Waals surface area contributed by atoms with Crippen molar-refractivity contribution in [3.05, 3.63) is 77.2 Å². The molecule has 0 aliphatic rings. The van der Waals surface area contributed by atoms with E-state index in [1.165, 1.54) is 12.1 Å². The highest BCUT2D eigenvalue weighted by molar-refractivity contribution is 5.96. The van der Waals surface area contributed by atoms with Gasteiger partial charge in [0.05, 0.1) is 17.8 Å². The zero-order valence-corrected chi connectivity index (χ0v) is 15.0. The van der Waals surface area contributed by atoms with Crippen molar-refractivity contribution in [2.24, 2.45) is 0 Å². The van der Waals surface area contributed by atoms with Crippen LogP contribution in [0.25, 0.3) is 11.3 Å². The predicted molar refractivity (Wildman–Crippen MR) is 103 cm³/mol. The third-order valence-electron chi connectivity index (χ3n) is 3.92. The minimum absolute atomic E-state index is 0.103. The quantitative estimate of drug-likeness (QED) is 0.611. The largest absolute Gasteiger partial charge is 0.355 e. The maximum absolute atomic E-state index is 13.0. The number of halogens is 1. The molecular formula is C21H17FN4O2. The van der Waals surface area contributed by atoms with Crippen LogP contribution in [0.15, 0.2) is 54.6 Å². The first kappa shape index (κ1) is 18.9. The van der Waals surface area contributed by atoms with Gasteiger partial charge in [-0.25, -0.2) is 4.39 Å². The van der Waals surface area contributed by atoms with Crippen LogP contribution in [0.1, 0.15) is 26.4 Å². The van der Waals surface area contributed by atoms with Crippen molar-refractivity contribution in [3.8, 4) is 23.1 Å². The van der Waals surface area contributed by atoms with Gasteiger partial charge in [-0.1, -0.05) is 24.0 Å². The third-order valence-corrected chi connectivity index (χ3v) is 3.92. The van der Waals surface area contributed by atoms with Gasteiger partial charge in [-0.2, -0.15) is 5.10 Å². The Balaban J connectivity index is 1.63. The Labute approximate surface area is 161 Å². The summed E-state index contributed by atoms with van der Waals surface area (Å²) in [5.74, 6) is 4.79. The maximum Gasteiger partial charge on any atom is 0.270 e. The topological polar surface area (TPSA) is 86.9 Å². The number of carbonyl (C=O) groups excluding carboxylic acids is 2. The van der Waals surface area contributed by atoms with Gasteiger partial charge in [0.2, 0.25) is 0 Å². The highest BCUT2D eigenvalue weighted by atomic mass is 19.1. The van der Waals surface area contributed by atoms with E-state index in [0.717, 1.165) is 0 Å². The van der Waals surface area contributed by atoms with E-state index >= 15 is 0 Å². The van der Waals surface area contributed by atoms with Gasteiger partial charge in [-0.05, 0) is 42.5 Å². The minimum atomic E-state index is -0.366. The van der Waals surface area contributed by atoms with Crippen molar-refractivity contribution < 1.29 is 14.0 Å². The fourth-order valence-electron chi connectivity index (χ4n) is 2.49. The van der Waals surface area contributed by atoms with E-state index in [9.17, 15) is 14.0 Å². The molecular weight excluding hydrogens is 359 g/mol. The molecule has 3 N–H and O–H groups in total. The van der Waals surface area contributed by atoms with Crippen LogP contribution >= 0.6 is 0 Å². The fourth-order valence-corrected chi connectivity index (χ4v) is 2.49. The minimum Gasteiger partial charge on any atom is -0.355 e. The van der Waals surface area contributed by atoms with Gasteiger partial charge in [0.25, 0.3) is 11.8 Å². The monoisotopic (exact) mass is 376 g/mol. The number of nitrogens with one attached hydrogen (secondary N) is 3. The first-order valence-corrected chi connectivity index (χ1v) is 8.48. The smallest absolute Gasteiger partial charge is 0.270 e. The summed E-state index contributed by atoms with van der Waals surface area (Å²) in [4.78, 5) is 24.0. The summed E-state index contributed by atoms with van der Waals surface area (Å²) >= 11 is 0. The van der Waals surface area contributed by atoms with Crippen LogP contribution < -0.4 is 10.6 Å². The lowest BCUT2D eigenvalue weighted by Crippen LogP contribution is -2.24. The number of aromatic nitrogens is 2. The molecule has 28 heavy (non-hydrogen) atoms. The molecule has 3 aromatic rings. The molecule has 0 spiro atoms. The Hall–Kier alpha value is -3.92. The Morgan fingerprint density at radius 2 is 1.86 bits per heavy atom. The van der Waals surface area contributed by atoms with Crippen LogP contribution in [0, 0.1) is 17.7 Å². The van der Waals surface area contributed by atoms with Gasteiger partial charge >= 0.3 is 0 Å². The number of H-pyrrole nitrogens is 1. The molecule has 0 atom stereocenters. The van der Waals surface area contributed by atoms with Gasteiger partial charge in [0.15, 0.2) is 0 Å². The normalized spacial score (nSPS) is 9.93. The average Bonchev–Trinajstić information content (AvgIpc) is 3.21. The highest BCUT2D eigenvalue weighted by Crippen LogP contribution is 2.17. The standard InChI is InChI=1S/C21H17FN4O2/c1-23-20(27)17-7-3-2-5-14(17)6-4-12-24-21(28)19-13-18(25-26-19)15-8-10-16(22)11-9-15/h2-3,5,7-11,13H,12H2,1H3,(H,23,27)(H,24,28)(H,25,26). The van der Waals surface area contributed by atoms with Crippen molar-refractivity contribution in [2.75, 3.05) is 13.6 Å². The van der Waals surface area contributed by atoms with Crippen LogP contribution in [-0.4, -0.2) is 35.6 Å². The van der Waals surface area contributed by atoms with Crippen LogP contribution in [-0.2, 0) is 0 Å². The number of aromatic amines is 1. The Bertz CT molecular complexity index is 1060. The van der Waals surface area contributed by atoms with E-state index < -0.39 is 0 Å². The zero-order valence-electron chi connectivity index (χ0n) is 15.0. The third kappa shape index (κ3) is 4.43. The first-order chi connectivity index (χ1) is 13.6. The van der Waals surface area contributed by atoms with E-state index in [0.29, 0.717) is 22.4 Å². The Morgan fingerprint density at radius 3 is 2.61 bits per heavy atom. The zero-order chi connectivity index (χ0) is 19.9. The van der Waals surface area contributed by atoms with E-state index in [1.54, 1.807) is 49.5 Å². The second-order valence-corrected chi connectivity index (χ2v) is 5.78. The molecule has 0 unspecified atom stereocenters. The Kier molecular flexibility index (Phi) is 5.82. The molecule has 0 bridgehead atoms. The number of carbonyl (C=O) groups is 2. The summed E-state index contributed by atoms with van der Waals surface area (Å²) in [6.07, 6.45) is 0. The molecule has 0 saturated heterocycles. The lowest BCUT2D eigenvalue weighted by Gasteiger charge is -2.02. The van der Waals surface area contributed by atoms with Crippen LogP contribution in [0.4, 0.5) is 4.39 Å². The molecule has 7 heteroatoms. The highest BCUT2D eigenvalue weighted by Gasteiger charge is 2.10. The SMILES string of the molecule is CNC(=O)c1ccccc1C#CCNC(=O)c1cc(-c2ccc(F)cc2)n[nH]1. The van der Waals surface area contributed by atoms with Crippen LogP contribution in [0.5, 0.6) is 0 Å². The van der Waals surface area contributed by atoms with E-state index in [4.69, 9.17) is 0 Å². The number of hydrogen-bond acceptors (Lipinski definition) is 3. The van der Waals surface area contributed by atoms with Crippen molar-refractivity contribution in [3.63, 3.8) is 0 Å². The summed E-state index contributed by atoms with van der Waals surface area (Å²) in [6, 6.07) is 14.4. The van der Waals surface area contributed by atoms with E-state index in [-0.39, 0.29) is 29.9 Å². The number of nitrogens with zero attached hydrogens (tertiary/aromatic N) is 1. The molecule has 140 valence electrons. The molecule has 1 heterocycles. The summed E-state index contributed by atoms with van der Waals surface area (Å²) < 4.78 is 13.0.